The van der Waals surface area contributed by atoms with Gasteiger partial charge in [0.05, 0.1) is 17.9 Å². The zero-order valence-corrected chi connectivity index (χ0v) is 9.34. The van der Waals surface area contributed by atoms with E-state index in [4.69, 9.17) is 10.2 Å². The van der Waals surface area contributed by atoms with Crippen molar-refractivity contribution in [2.45, 2.75) is 0 Å². The van der Waals surface area contributed by atoms with Gasteiger partial charge in [-0.1, -0.05) is 12.1 Å². The molecule has 0 saturated carbocycles. The number of carbonyl (C=O) groups excluding carboxylic acids is 2. The molecule has 0 bridgehead atoms. The smallest absolute Gasteiger partial charge is 0.337 e. The molecule has 7 nitrogen and oxygen atoms in total. The molecule has 0 aliphatic rings. The highest BCUT2D eigenvalue weighted by atomic mass is 16.4. The Morgan fingerprint density at radius 2 is 1.78 bits per heavy atom. The maximum Gasteiger partial charge on any atom is 0.337 e. The summed E-state index contributed by atoms with van der Waals surface area (Å²) in [5, 5.41) is 21.7. The van der Waals surface area contributed by atoms with Gasteiger partial charge < -0.3 is 20.8 Å². The van der Waals surface area contributed by atoms with Gasteiger partial charge in [-0.25, -0.2) is 4.79 Å². The SMILES string of the molecule is O=C(NCCO)C(=O)Nc1ccccc1C(=O)O. The molecule has 1 rings (SSSR count). The van der Waals surface area contributed by atoms with Crippen molar-refractivity contribution in [1.29, 1.82) is 0 Å². The minimum Gasteiger partial charge on any atom is -0.478 e. The predicted molar refractivity (Wildman–Crippen MR) is 62.1 cm³/mol. The molecule has 0 saturated heterocycles. The minimum atomic E-state index is -1.21. The highest BCUT2D eigenvalue weighted by molar-refractivity contribution is 6.39. The second-order valence-electron chi connectivity index (χ2n) is 3.28. The second kappa shape index (κ2) is 6.36. The fourth-order valence-corrected chi connectivity index (χ4v) is 1.21. The molecule has 0 fully saturated rings. The van der Waals surface area contributed by atoms with Crippen molar-refractivity contribution in [1.82, 2.24) is 5.32 Å². The third-order valence-electron chi connectivity index (χ3n) is 2.01. The number of carboxylic acid groups (broad SMARTS) is 1. The van der Waals surface area contributed by atoms with Gasteiger partial charge in [0, 0.05) is 6.54 Å². The quantitative estimate of drug-likeness (QED) is 0.536. The van der Waals surface area contributed by atoms with Crippen molar-refractivity contribution < 1.29 is 24.6 Å². The summed E-state index contributed by atoms with van der Waals surface area (Å²) in [7, 11) is 0. The molecule has 0 aromatic heterocycles. The van der Waals surface area contributed by atoms with E-state index in [0.29, 0.717) is 0 Å². The van der Waals surface area contributed by atoms with Crippen LogP contribution in [0, 0.1) is 0 Å². The number of rotatable bonds is 4. The lowest BCUT2D eigenvalue weighted by atomic mass is 10.2. The van der Waals surface area contributed by atoms with Crippen LogP contribution in [0.2, 0.25) is 0 Å². The number of aliphatic hydroxyl groups is 1. The van der Waals surface area contributed by atoms with Crippen molar-refractivity contribution in [3.05, 3.63) is 29.8 Å². The van der Waals surface area contributed by atoms with Crippen molar-refractivity contribution in [2.75, 3.05) is 18.5 Å². The largest absolute Gasteiger partial charge is 0.478 e. The Hall–Kier alpha value is -2.41. The van der Waals surface area contributed by atoms with Crippen LogP contribution >= 0.6 is 0 Å². The molecule has 0 heterocycles. The van der Waals surface area contributed by atoms with Crippen LogP contribution in [-0.4, -0.2) is 41.1 Å². The molecule has 0 radical (unpaired) electrons. The molecule has 1 aromatic rings. The maximum atomic E-state index is 11.4. The number of anilines is 1. The zero-order chi connectivity index (χ0) is 13.5. The van der Waals surface area contributed by atoms with Gasteiger partial charge in [-0.2, -0.15) is 0 Å². The van der Waals surface area contributed by atoms with Crippen LogP contribution in [-0.2, 0) is 9.59 Å². The van der Waals surface area contributed by atoms with Gasteiger partial charge in [-0.3, -0.25) is 9.59 Å². The van der Waals surface area contributed by atoms with Crippen molar-refractivity contribution in [2.24, 2.45) is 0 Å². The Morgan fingerprint density at radius 3 is 2.39 bits per heavy atom. The van der Waals surface area contributed by atoms with E-state index in [0.717, 1.165) is 0 Å². The van der Waals surface area contributed by atoms with E-state index >= 15 is 0 Å². The number of amides is 2. The molecule has 18 heavy (non-hydrogen) atoms. The summed E-state index contributed by atoms with van der Waals surface area (Å²) in [6.45, 7) is -0.336. The van der Waals surface area contributed by atoms with Gasteiger partial charge in [0.1, 0.15) is 0 Å². The Balaban J connectivity index is 2.76. The van der Waals surface area contributed by atoms with E-state index < -0.39 is 17.8 Å². The number of nitrogens with one attached hydrogen (secondary N) is 2. The van der Waals surface area contributed by atoms with Crippen LogP contribution in [0.15, 0.2) is 24.3 Å². The number of carbonyl (C=O) groups is 3. The van der Waals surface area contributed by atoms with E-state index in [1.165, 1.54) is 24.3 Å². The van der Waals surface area contributed by atoms with Crippen LogP contribution in [0.4, 0.5) is 5.69 Å². The summed E-state index contributed by atoms with van der Waals surface area (Å²) < 4.78 is 0. The first kappa shape index (κ1) is 13.7. The summed E-state index contributed by atoms with van der Waals surface area (Å²) in [4.78, 5) is 33.5. The molecule has 4 N–H and O–H groups in total. The topological polar surface area (TPSA) is 116 Å². The van der Waals surface area contributed by atoms with Gasteiger partial charge in [0.15, 0.2) is 0 Å². The molecule has 96 valence electrons. The fraction of sp³-hybridized carbons (Fsp3) is 0.182. The van der Waals surface area contributed by atoms with Crippen molar-refractivity contribution >= 4 is 23.5 Å². The van der Waals surface area contributed by atoms with Gasteiger partial charge >= 0.3 is 17.8 Å². The molecule has 0 unspecified atom stereocenters. The highest BCUT2D eigenvalue weighted by Gasteiger charge is 2.16. The minimum absolute atomic E-state index is 0.0362. The number of para-hydroxylation sites is 1. The molecular weight excluding hydrogens is 240 g/mol. The van der Waals surface area contributed by atoms with E-state index in [1.54, 1.807) is 0 Å². The molecule has 0 atom stereocenters. The van der Waals surface area contributed by atoms with Gasteiger partial charge in [0.25, 0.3) is 0 Å². The number of aromatic carboxylic acids is 1. The van der Waals surface area contributed by atoms with E-state index in [1.807, 2.05) is 0 Å². The first-order valence-corrected chi connectivity index (χ1v) is 5.08. The molecule has 7 heteroatoms. The van der Waals surface area contributed by atoms with Crippen molar-refractivity contribution in [3.8, 4) is 0 Å². The zero-order valence-electron chi connectivity index (χ0n) is 9.34. The fourth-order valence-electron chi connectivity index (χ4n) is 1.21. The second-order valence-corrected chi connectivity index (χ2v) is 3.28. The van der Waals surface area contributed by atoms with Crippen LogP contribution in [0.3, 0.4) is 0 Å². The van der Waals surface area contributed by atoms with Gasteiger partial charge in [-0.15, -0.1) is 0 Å². The first-order chi connectivity index (χ1) is 8.56. The maximum absolute atomic E-state index is 11.4. The molecule has 0 aliphatic heterocycles. The number of hydrogen-bond acceptors (Lipinski definition) is 4. The lowest BCUT2D eigenvalue weighted by Gasteiger charge is -2.07. The number of aliphatic hydroxyl groups excluding tert-OH is 1. The van der Waals surface area contributed by atoms with Crippen LogP contribution in [0.25, 0.3) is 0 Å². The van der Waals surface area contributed by atoms with E-state index in [9.17, 15) is 14.4 Å². The molecule has 0 aliphatic carbocycles. The summed E-state index contributed by atoms with van der Waals surface area (Å²) in [5.74, 6) is -3.14. The third-order valence-corrected chi connectivity index (χ3v) is 2.01. The Kier molecular flexibility index (Phi) is 4.82. The average Bonchev–Trinajstić information content (AvgIpc) is 2.36. The number of carboxylic acids is 1. The lowest BCUT2D eigenvalue weighted by Crippen LogP contribution is -2.37. The summed E-state index contributed by atoms with van der Waals surface area (Å²) in [6.07, 6.45) is 0. The third kappa shape index (κ3) is 3.56. The molecule has 2 amide bonds. The molecule has 1 aromatic carbocycles. The van der Waals surface area contributed by atoms with Crippen LogP contribution in [0.5, 0.6) is 0 Å². The average molecular weight is 252 g/mol. The normalized spacial score (nSPS) is 9.61. The van der Waals surface area contributed by atoms with Gasteiger partial charge in [0.2, 0.25) is 0 Å². The van der Waals surface area contributed by atoms with E-state index in [2.05, 4.69) is 10.6 Å². The highest BCUT2D eigenvalue weighted by Crippen LogP contribution is 2.14. The van der Waals surface area contributed by atoms with Crippen LogP contribution in [0.1, 0.15) is 10.4 Å². The number of hydrogen-bond donors (Lipinski definition) is 4. The van der Waals surface area contributed by atoms with Gasteiger partial charge in [-0.05, 0) is 12.1 Å². The lowest BCUT2D eigenvalue weighted by molar-refractivity contribution is -0.136. The monoisotopic (exact) mass is 252 g/mol. The first-order valence-electron chi connectivity index (χ1n) is 5.08. The Morgan fingerprint density at radius 1 is 1.11 bits per heavy atom. The molecule has 0 spiro atoms. The summed E-state index contributed by atoms with van der Waals surface area (Å²) in [6, 6.07) is 5.73. The molecular formula is C11H12N2O5. The summed E-state index contributed by atoms with van der Waals surface area (Å²) in [5.41, 5.74) is -0.0741. The Labute approximate surface area is 102 Å². The standard InChI is InChI=1S/C11H12N2O5/c14-6-5-12-9(15)10(16)13-8-4-2-1-3-7(8)11(17)18/h1-4,14H,5-6H2,(H,12,15)(H,13,16)(H,17,18). The van der Waals surface area contributed by atoms with E-state index in [-0.39, 0.29) is 24.4 Å². The number of benzene rings is 1. The Bertz CT molecular complexity index is 472. The van der Waals surface area contributed by atoms with Crippen molar-refractivity contribution in [3.63, 3.8) is 0 Å². The summed E-state index contributed by atoms with van der Waals surface area (Å²) >= 11 is 0. The van der Waals surface area contributed by atoms with Crippen LogP contribution < -0.4 is 10.6 Å². The predicted octanol–water partition coefficient (Wildman–Crippen LogP) is -0.568.